The standard InChI is InChI=1S/C8H12O2/c1-4-6-5-8(6,2)7(9)10-3/h4,6H,1,5H2,2-3H3. The van der Waals surface area contributed by atoms with E-state index in [4.69, 9.17) is 0 Å². The van der Waals surface area contributed by atoms with E-state index in [1.54, 1.807) is 0 Å². The van der Waals surface area contributed by atoms with Gasteiger partial charge in [0.25, 0.3) is 0 Å². The van der Waals surface area contributed by atoms with Crippen LogP contribution in [0.1, 0.15) is 13.3 Å². The van der Waals surface area contributed by atoms with Crippen molar-refractivity contribution in [3.63, 3.8) is 0 Å². The van der Waals surface area contributed by atoms with Gasteiger partial charge < -0.3 is 4.74 Å². The molecule has 0 aromatic carbocycles. The molecule has 1 aliphatic rings. The van der Waals surface area contributed by atoms with E-state index in [0.717, 1.165) is 6.42 Å². The molecule has 0 aromatic rings. The fraction of sp³-hybridized carbons (Fsp3) is 0.625. The van der Waals surface area contributed by atoms with E-state index in [2.05, 4.69) is 11.3 Å². The molecule has 0 heterocycles. The Labute approximate surface area is 60.9 Å². The number of rotatable bonds is 2. The van der Waals surface area contributed by atoms with E-state index in [9.17, 15) is 4.79 Å². The first-order valence-corrected chi connectivity index (χ1v) is 3.36. The molecule has 2 unspecified atom stereocenters. The monoisotopic (exact) mass is 140 g/mol. The molecular weight excluding hydrogens is 128 g/mol. The largest absolute Gasteiger partial charge is 0.469 e. The highest BCUT2D eigenvalue weighted by Crippen LogP contribution is 2.53. The Morgan fingerprint density at radius 2 is 2.50 bits per heavy atom. The maximum atomic E-state index is 11.0. The smallest absolute Gasteiger partial charge is 0.312 e. The lowest BCUT2D eigenvalue weighted by atomic mass is 10.1. The zero-order chi connectivity index (χ0) is 7.78. The van der Waals surface area contributed by atoms with Crippen molar-refractivity contribution in [3.8, 4) is 0 Å². The summed E-state index contributed by atoms with van der Waals surface area (Å²) in [5, 5.41) is 0. The molecule has 0 aliphatic heterocycles. The maximum absolute atomic E-state index is 11.0. The molecule has 0 aromatic heterocycles. The van der Waals surface area contributed by atoms with Gasteiger partial charge in [-0.3, -0.25) is 4.79 Å². The summed E-state index contributed by atoms with van der Waals surface area (Å²) < 4.78 is 4.62. The minimum atomic E-state index is -0.253. The molecule has 0 spiro atoms. The van der Waals surface area contributed by atoms with Crippen LogP contribution in [0, 0.1) is 11.3 Å². The van der Waals surface area contributed by atoms with Crippen molar-refractivity contribution in [2.45, 2.75) is 13.3 Å². The van der Waals surface area contributed by atoms with Crippen molar-refractivity contribution in [2.24, 2.45) is 11.3 Å². The minimum absolute atomic E-state index is 0.114. The first kappa shape index (κ1) is 7.32. The zero-order valence-corrected chi connectivity index (χ0v) is 6.39. The summed E-state index contributed by atoms with van der Waals surface area (Å²) in [5.74, 6) is 0.220. The van der Waals surface area contributed by atoms with Crippen molar-refractivity contribution >= 4 is 5.97 Å². The predicted octanol–water partition coefficient (Wildman–Crippen LogP) is 1.37. The van der Waals surface area contributed by atoms with Crippen LogP contribution in [0.3, 0.4) is 0 Å². The molecule has 1 rings (SSSR count). The lowest BCUT2D eigenvalue weighted by molar-refractivity contribution is -0.146. The Morgan fingerprint density at radius 3 is 2.80 bits per heavy atom. The second kappa shape index (κ2) is 2.11. The first-order valence-electron chi connectivity index (χ1n) is 3.36. The Balaban J connectivity index is 2.58. The van der Waals surface area contributed by atoms with Gasteiger partial charge in [0.05, 0.1) is 12.5 Å². The van der Waals surface area contributed by atoms with E-state index < -0.39 is 0 Å². The summed E-state index contributed by atoms with van der Waals surface area (Å²) >= 11 is 0. The summed E-state index contributed by atoms with van der Waals surface area (Å²) in [4.78, 5) is 11.0. The number of hydrogen-bond acceptors (Lipinski definition) is 2. The average Bonchev–Trinajstić information content (AvgIpc) is 2.61. The third-order valence-corrected chi connectivity index (χ3v) is 2.24. The fourth-order valence-electron chi connectivity index (χ4n) is 1.21. The maximum Gasteiger partial charge on any atom is 0.312 e. The highest BCUT2D eigenvalue weighted by molar-refractivity contribution is 5.80. The van der Waals surface area contributed by atoms with E-state index in [0.29, 0.717) is 5.92 Å². The summed E-state index contributed by atoms with van der Waals surface area (Å²) in [6, 6.07) is 0. The molecule has 1 saturated carbocycles. The summed E-state index contributed by atoms with van der Waals surface area (Å²) in [6.07, 6.45) is 2.71. The molecule has 56 valence electrons. The third kappa shape index (κ3) is 0.838. The van der Waals surface area contributed by atoms with Gasteiger partial charge in [-0.25, -0.2) is 0 Å². The van der Waals surface area contributed by atoms with Crippen LogP contribution in [-0.4, -0.2) is 13.1 Å². The van der Waals surface area contributed by atoms with Gasteiger partial charge in [0.15, 0.2) is 0 Å². The van der Waals surface area contributed by atoms with Crippen LogP contribution >= 0.6 is 0 Å². The van der Waals surface area contributed by atoms with Crippen molar-refractivity contribution in [2.75, 3.05) is 7.11 Å². The number of carbonyl (C=O) groups is 1. The van der Waals surface area contributed by atoms with Crippen LogP contribution in [0.25, 0.3) is 0 Å². The average molecular weight is 140 g/mol. The highest BCUT2D eigenvalue weighted by atomic mass is 16.5. The lowest BCUT2D eigenvalue weighted by Gasteiger charge is -2.04. The molecule has 0 saturated heterocycles. The summed E-state index contributed by atoms with van der Waals surface area (Å²) in [6.45, 7) is 5.53. The summed E-state index contributed by atoms with van der Waals surface area (Å²) in [5.41, 5.74) is -0.253. The van der Waals surface area contributed by atoms with Gasteiger partial charge in [-0.05, 0) is 19.3 Å². The van der Waals surface area contributed by atoms with Gasteiger partial charge in [0.2, 0.25) is 0 Å². The molecule has 1 aliphatic carbocycles. The van der Waals surface area contributed by atoms with Gasteiger partial charge in [-0.15, -0.1) is 6.58 Å². The second-order valence-corrected chi connectivity index (χ2v) is 2.96. The predicted molar refractivity (Wildman–Crippen MR) is 38.4 cm³/mol. The van der Waals surface area contributed by atoms with Gasteiger partial charge in [-0.2, -0.15) is 0 Å². The number of esters is 1. The molecule has 0 amide bonds. The van der Waals surface area contributed by atoms with Crippen LogP contribution in [0.5, 0.6) is 0 Å². The van der Waals surface area contributed by atoms with Crippen molar-refractivity contribution in [1.82, 2.24) is 0 Å². The quantitative estimate of drug-likeness (QED) is 0.427. The SMILES string of the molecule is C=CC1CC1(C)C(=O)OC. The molecule has 0 radical (unpaired) electrons. The number of carbonyl (C=O) groups excluding carboxylic acids is 1. The van der Waals surface area contributed by atoms with Crippen LogP contribution < -0.4 is 0 Å². The van der Waals surface area contributed by atoms with E-state index in [1.807, 2.05) is 13.0 Å². The number of allylic oxidation sites excluding steroid dienone is 1. The van der Waals surface area contributed by atoms with E-state index in [-0.39, 0.29) is 11.4 Å². The molecule has 10 heavy (non-hydrogen) atoms. The Morgan fingerprint density at radius 1 is 1.90 bits per heavy atom. The number of hydrogen-bond donors (Lipinski definition) is 0. The van der Waals surface area contributed by atoms with Gasteiger partial charge in [-0.1, -0.05) is 6.08 Å². The zero-order valence-electron chi connectivity index (χ0n) is 6.39. The van der Waals surface area contributed by atoms with Crippen LogP contribution in [0.15, 0.2) is 12.7 Å². The molecule has 2 atom stereocenters. The van der Waals surface area contributed by atoms with Crippen molar-refractivity contribution in [3.05, 3.63) is 12.7 Å². The van der Waals surface area contributed by atoms with Crippen LogP contribution in [0.4, 0.5) is 0 Å². The second-order valence-electron chi connectivity index (χ2n) is 2.96. The first-order chi connectivity index (χ1) is 4.65. The Kier molecular flexibility index (Phi) is 1.55. The number of methoxy groups -OCH3 is 1. The van der Waals surface area contributed by atoms with Crippen molar-refractivity contribution < 1.29 is 9.53 Å². The topological polar surface area (TPSA) is 26.3 Å². The minimum Gasteiger partial charge on any atom is -0.469 e. The number of ether oxygens (including phenoxy) is 1. The van der Waals surface area contributed by atoms with Gasteiger partial charge >= 0.3 is 5.97 Å². The van der Waals surface area contributed by atoms with E-state index >= 15 is 0 Å². The fourth-order valence-corrected chi connectivity index (χ4v) is 1.21. The third-order valence-electron chi connectivity index (χ3n) is 2.24. The van der Waals surface area contributed by atoms with Gasteiger partial charge in [0.1, 0.15) is 0 Å². The molecule has 0 N–H and O–H groups in total. The highest BCUT2D eigenvalue weighted by Gasteiger charge is 2.55. The van der Waals surface area contributed by atoms with Crippen LogP contribution in [-0.2, 0) is 9.53 Å². The molecule has 0 bridgehead atoms. The Bertz CT molecular complexity index is 174. The normalized spacial score (nSPS) is 36.8. The van der Waals surface area contributed by atoms with Gasteiger partial charge in [0, 0.05) is 0 Å². The molecular formula is C8H12O2. The lowest BCUT2D eigenvalue weighted by Crippen LogP contribution is -2.15. The molecule has 2 nitrogen and oxygen atoms in total. The molecule has 1 fully saturated rings. The van der Waals surface area contributed by atoms with Crippen molar-refractivity contribution in [1.29, 1.82) is 0 Å². The van der Waals surface area contributed by atoms with Crippen LogP contribution in [0.2, 0.25) is 0 Å². The Hall–Kier alpha value is -0.790. The van der Waals surface area contributed by atoms with E-state index in [1.165, 1.54) is 7.11 Å². The summed E-state index contributed by atoms with van der Waals surface area (Å²) in [7, 11) is 1.42. The molecule has 2 heteroatoms.